The third-order valence-electron chi connectivity index (χ3n) is 3.70. The highest BCUT2D eigenvalue weighted by Crippen LogP contribution is 2.28. The van der Waals surface area contributed by atoms with Crippen molar-refractivity contribution in [2.45, 2.75) is 46.6 Å². The van der Waals surface area contributed by atoms with Crippen LogP contribution in [0.25, 0.3) is 0 Å². The quantitative estimate of drug-likeness (QED) is 0.758. The smallest absolute Gasteiger partial charge is 0.168 e. The van der Waals surface area contributed by atoms with Crippen LogP contribution in [0.4, 0.5) is 5.82 Å². The average Bonchev–Trinajstić information content (AvgIpc) is 2.42. The summed E-state index contributed by atoms with van der Waals surface area (Å²) < 4.78 is 5.76. The topological polar surface area (TPSA) is 60.2 Å². The van der Waals surface area contributed by atoms with Gasteiger partial charge in [-0.3, -0.25) is 0 Å². The molecule has 19 heavy (non-hydrogen) atoms. The second-order valence-corrected chi connectivity index (χ2v) is 5.28. The van der Waals surface area contributed by atoms with Crippen molar-refractivity contribution in [3.8, 4) is 5.75 Å². The van der Waals surface area contributed by atoms with E-state index in [1.165, 1.54) is 0 Å². The van der Waals surface area contributed by atoms with Crippen molar-refractivity contribution >= 4 is 5.82 Å². The molecule has 0 aliphatic rings. The third-order valence-corrected chi connectivity index (χ3v) is 3.70. The monoisotopic (exact) mass is 265 g/mol. The van der Waals surface area contributed by atoms with E-state index in [9.17, 15) is 0 Å². The summed E-state index contributed by atoms with van der Waals surface area (Å²) in [7, 11) is 0. The molecule has 0 radical (unpaired) electrons. The molecule has 0 saturated heterocycles. The van der Waals surface area contributed by atoms with E-state index in [2.05, 4.69) is 24.1 Å². The normalized spacial score (nSPS) is 11.7. The van der Waals surface area contributed by atoms with Gasteiger partial charge in [0.1, 0.15) is 0 Å². The number of nitrogens with two attached hydrogens (primary N) is 1. The Morgan fingerprint density at radius 3 is 2.58 bits per heavy atom. The van der Waals surface area contributed by atoms with Crippen LogP contribution in [0.5, 0.6) is 5.75 Å². The van der Waals surface area contributed by atoms with E-state index in [1.54, 1.807) is 6.20 Å². The number of hydrogen-bond acceptors (Lipinski definition) is 4. The molecule has 0 aliphatic heterocycles. The highest BCUT2D eigenvalue weighted by molar-refractivity contribution is 5.49. The first kappa shape index (κ1) is 15.8. The Hall–Kier alpha value is -1.29. The van der Waals surface area contributed by atoms with Gasteiger partial charge in [-0.1, -0.05) is 13.8 Å². The van der Waals surface area contributed by atoms with E-state index in [4.69, 9.17) is 10.5 Å². The van der Waals surface area contributed by atoms with Gasteiger partial charge in [-0.15, -0.1) is 0 Å². The first-order valence-corrected chi connectivity index (χ1v) is 7.12. The minimum Gasteiger partial charge on any atom is -0.487 e. The maximum absolute atomic E-state index is 5.92. The summed E-state index contributed by atoms with van der Waals surface area (Å²) in [5.74, 6) is 1.60. The van der Waals surface area contributed by atoms with Gasteiger partial charge in [0, 0.05) is 12.7 Å². The fourth-order valence-corrected chi connectivity index (χ4v) is 2.00. The maximum Gasteiger partial charge on any atom is 0.168 e. The molecular formula is C15H27N3O. The highest BCUT2D eigenvalue weighted by atomic mass is 16.5. The van der Waals surface area contributed by atoms with Crippen molar-refractivity contribution in [3.63, 3.8) is 0 Å². The van der Waals surface area contributed by atoms with Crippen molar-refractivity contribution in [2.75, 3.05) is 18.4 Å². The van der Waals surface area contributed by atoms with Crippen LogP contribution in [0.3, 0.4) is 0 Å². The molecule has 4 heteroatoms. The number of nitrogens with one attached hydrogen (secondary N) is 1. The number of hydrogen-bond donors (Lipinski definition) is 2. The number of rotatable bonds is 8. The first-order chi connectivity index (χ1) is 9.06. The molecule has 1 rings (SSSR count). The van der Waals surface area contributed by atoms with E-state index < -0.39 is 0 Å². The largest absolute Gasteiger partial charge is 0.487 e. The number of nitrogens with zero attached hydrogens (tertiary/aromatic N) is 1. The molecule has 0 amide bonds. The van der Waals surface area contributed by atoms with Gasteiger partial charge in [0.15, 0.2) is 11.6 Å². The van der Waals surface area contributed by atoms with Crippen LogP contribution >= 0.6 is 0 Å². The van der Waals surface area contributed by atoms with Gasteiger partial charge < -0.3 is 15.8 Å². The molecular weight excluding hydrogens is 238 g/mol. The average molecular weight is 265 g/mol. The standard InChI is InChI=1S/C15H27N3O/c1-5-15(6-2,10-16)11-18-14-13(19-12(3)4)8-7-9-17-14/h7-9,12H,5-6,10-11,16H2,1-4H3,(H,17,18). The Balaban J connectivity index is 2.76. The number of aromatic nitrogens is 1. The molecule has 3 N–H and O–H groups in total. The minimum atomic E-state index is 0.132. The zero-order chi connectivity index (χ0) is 14.3. The lowest BCUT2D eigenvalue weighted by molar-refractivity contribution is 0.242. The summed E-state index contributed by atoms with van der Waals surface area (Å²) in [6.07, 6.45) is 4.03. The number of pyridine rings is 1. The lowest BCUT2D eigenvalue weighted by Gasteiger charge is -2.30. The van der Waals surface area contributed by atoms with Gasteiger partial charge in [-0.2, -0.15) is 0 Å². The van der Waals surface area contributed by atoms with Crippen molar-refractivity contribution in [3.05, 3.63) is 18.3 Å². The van der Waals surface area contributed by atoms with Crippen LogP contribution in [0.15, 0.2) is 18.3 Å². The molecule has 1 aromatic rings. The molecule has 0 aromatic carbocycles. The Bertz CT molecular complexity index is 367. The minimum absolute atomic E-state index is 0.132. The van der Waals surface area contributed by atoms with Gasteiger partial charge in [-0.05, 0) is 50.8 Å². The summed E-state index contributed by atoms with van der Waals surface area (Å²) in [4.78, 5) is 4.36. The molecule has 1 aromatic heterocycles. The van der Waals surface area contributed by atoms with Crippen molar-refractivity contribution in [1.29, 1.82) is 0 Å². The Morgan fingerprint density at radius 2 is 2.05 bits per heavy atom. The lowest BCUT2D eigenvalue weighted by atomic mass is 9.82. The Kier molecular flexibility index (Phi) is 6.09. The molecule has 4 nitrogen and oxygen atoms in total. The lowest BCUT2D eigenvalue weighted by Crippen LogP contribution is -2.36. The molecule has 0 aliphatic carbocycles. The highest BCUT2D eigenvalue weighted by Gasteiger charge is 2.24. The zero-order valence-corrected chi connectivity index (χ0v) is 12.6. The SMILES string of the molecule is CCC(CC)(CN)CNc1ncccc1OC(C)C. The van der Waals surface area contributed by atoms with Gasteiger partial charge in [-0.25, -0.2) is 4.98 Å². The van der Waals surface area contributed by atoms with Crippen LogP contribution < -0.4 is 15.8 Å². The fraction of sp³-hybridized carbons (Fsp3) is 0.667. The second kappa shape index (κ2) is 7.34. The number of anilines is 1. The molecule has 0 saturated carbocycles. The second-order valence-electron chi connectivity index (χ2n) is 5.28. The predicted molar refractivity (Wildman–Crippen MR) is 80.6 cm³/mol. The number of ether oxygens (including phenoxy) is 1. The van der Waals surface area contributed by atoms with Crippen molar-refractivity contribution < 1.29 is 4.74 Å². The fourth-order valence-electron chi connectivity index (χ4n) is 2.00. The molecule has 0 bridgehead atoms. The third kappa shape index (κ3) is 4.39. The van der Waals surface area contributed by atoms with E-state index in [1.807, 2.05) is 26.0 Å². The van der Waals surface area contributed by atoms with Crippen LogP contribution in [0.2, 0.25) is 0 Å². The Labute approximate surface area is 116 Å². The van der Waals surface area contributed by atoms with Crippen LogP contribution in [-0.4, -0.2) is 24.2 Å². The van der Waals surface area contributed by atoms with Crippen molar-refractivity contribution in [2.24, 2.45) is 11.1 Å². The predicted octanol–water partition coefficient (Wildman–Crippen LogP) is 3.05. The van der Waals surface area contributed by atoms with Gasteiger partial charge in [0.05, 0.1) is 6.10 Å². The van der Waals surface area contributed by atoms with Gasteiger partial charge in [0.2, 0.25) is 0 Å². The summed E-state index contributed by atoms with van der Waals surface area (Å²) >= 11 is 0. The molecule has 0 unspecified atom stereocenters. The first-order valence-electron chi connectivity index (χ1n) is 7.12. The summed E-state index contributed by atoms with van der Waals surface area (Å²) in [5, 5.41) is 3.40. The van der Waals surface area contributed by atoms with Crippen molar-refractivity contribution in [1.82, 2.24) is 4.98 Å². The maximum atomic E-state index is 5.92. The van der Waals surface area contributed by atoms with Crippen LogP contribution in [0, 0.1) is 5.41 Å². The van der Waals surface area contributed by atoms with E-state index >= 15 is 0 Å². The molecule has 108 valence electrons. The molecule has 0 atom stereocenters. The van der Waals surface area contributed by atoms with Crippen LogP contribution in [-0.2, 0) is 0 Å². The molecule has 0 fully saturated rings. The molecule has 1 heterocycles. The zero-order valence-electron chi connectivity index (χ0n) is 12.6. The van der Waals surface area contributed by atoms with Gasteiger partial charge >= 0.3 is 0 Å². The Morgan fingerprint density at radius 1 is 1.37 bits per heavy atom. The van der Waals surface area contributed by atoms with Gasteiger partial charge in [0.25, 0.3) is 0 Å². The van der Waals surface area contributed by atoms with E-state index in [0.29, 0.717) is 6.54 Å². The van der Waals surface area contributed by atoms with E-state index in [0.717, 1.165) is 31.0 Å². The summed E-state index contributed by atoms with van der Waals surface area (Å²) in [6.45, 7) is 9.89. The summed E-state index contributed by atoms with van der Waals surface area (Å²) in [5.41, 5.74) is 6.05. The summed E-state index contributed by atoms with van der Waals surface area (Å²) in [6, 6.07) is 3.83. The van der Waals surface area contributed by atoms with Crippen LogP contribution in [0.1, 0.15) is 40.5 Å². The molecule has 0 spiro atoms. The van der Waals surface area contributed by atoms with E-state index in [-0.39, 0.29) is 11.5 Å².